The Balaban J connectivity index is 0.000000449. The molecule has 2 rings (SSSR count). The summed E-state index contributed by atoms with van der Waals surface area (Å²) >= 11 is 0. The minimum Gasteiger partial charge on any atom is -0.362 e. The van der Waals surface area contributed by atoms with Crippen molar-refractivity contribution in [2.75, 3.05) is 21.3 Å². The van der Waals surface area contributed by atoms with Crippen LogP contribution in [0.3, 0.4) is 0 Å². The van der Waals surface area contributed by atoms with Gasteiger partial charge in [0, 0.05) is 46.5 Å². The van der Waals surface area contributed by atoms with Crippen molar-refractivity contribution < 1.29 is 65.4 Å². The van der Waals surface area contributed by atoms with Crippen LogP contribution in [0.5, 0.6) is 0 Å². The van der Waals surface area contributed by atoms with Crippen LogP contribution in [0.2, 0.25) is 0 Å². The molecule has 3 unspecified atom stereocenters. The van der Waals surface area contributed by atoms with Gasteiger partial charge in [-0.25, -0.2) is 9.13 Å². The maximum atomic E-state index is 5.34. The molecule has 0 bridgehead atoms. The van der Waals surface area contributed by atoms with Crippen molar-refractivity contribution in [2.24, 2.45) is 7.05 Å². The van der Waals surface area contributed by atoms with E-state index in [2.05, 4.69) is 60.6 Å². The van der Waals surface area contributed by atoms with Crippen molar-refractivity contribution in [1.82, 2.24) is 14.4 Å². The second-order valence-corrected chi connectivity index (χ2v) is 6.35. The van der Waals surface area contributed by atoms with Gasteiger partial charge in [0.2, 0.25) is 0 Å². The number of hydrogen-bond acceptors (Lipinski definition) is 4. The number of ether oxygens (including phenoxy) is 2. The summed E-state index contributed by atoms with van der Waals surface area (Å²) in [5, 5.41) is 0. The van der Waals surface area contributed by atoms with Crippen LogP contribution < -0.4 is 56.0 Å². The van der Waals surface area contributed by atoms with E-state index in [1.54, 1.807) is 14.2 Å². The van der Waals surface area contributed by atoms with Crippen LogP contribution in [0.1, 0.15) is 46.7 Å². The summed E-state index contributed by atoms with van der Waals surface area (Å²) in [7, 11) is 7.60. The Bertz CT molecular complexity index is 573. The minimum absolute atomic E-state index is 0. The number of methoxy groups -OCH3 is 2. The van der Waals surface area contributed by atoms with Crippen molar-refractivity contribution in [3.63, 3.8) is 0 Å². The Morgan fingerprint density at radius 3 is 1.88 bits per heavy atom. The van der Waals surface area contributed by atoms with Gasteiger partial charge in [-0.3, -0.25) is 0 Å². The van der Waals surface area contributed by atoms with E-state index >= 15 is 0 Å². The normalized spacial score (nSPS) is 19.4. The summed E-state index contributed by atoms with van der Waals surface area (Å²) in [4.78, 5) is 4.56. The van der Waals surface area contributed by atoms with Gasteiger partial charge in [-0.05, 0) is 27.7 Å². The summed E-state index contributed by atoms with van der Waals surface area (Å²) in [5.74, 6) is 1.19. The van der Waals surface area contributed by atoms with E-state index in [1.165, 1.54) is 17.2 Å². The molecule has 1 aliphatic heterocycles. The van der Waals surface area contributed by atoms with Crippen molar-refractivity contribution in [3.05, 3.63) is 29.6 Å². The van der Waals surface area contributed by atoms with Crippen molar-refractivity contribution in [3.8, 4) is 0 Å². The molecule has 0 aromatic carbocycles. The number of imidazole rings is 1. The zero-order valence-electron chi connectivity index (χ0n) is 18.0. The maximum Gasteiger partial charge on any atom is 1.00 e. The van der Waals surface area contributed by atoms with Crippen LogP contribution in [-0.4, -0.2) is 48.0 Å². The number of aryl methyl sites for hydroxylation is 1. The molecule has 0 radical (unpaired) electrons. The van der Waals surface area contributed by atoms with Crippen molar-refractivity contribution >= 4 is 0 Å². The summed E-state index contributed by atoms with van der Waals surface area (Å²) in [5.41, 5.74) is 2.64. The van der Waals surface area contributed by atoms with Crippen LogP contribution in [0, 0.1) is 6.92 Å². The fourth-order valence-electron chi connectivity index (χ4n) is 2.95. The molecule has 6 nitrogen and oxygen atoms in total. The molecule has 1 aromatic heterocycles. The zero-order chi connectivity index (χ0) is 18.6. The first-order valence-corrected chi connectivity index (χ1v) is 8.44. The Hall–Kier alpha value is 0.106. The quantitative estimate of drug-likeness (QED) is 0.528. The second-order valence-electron chi connectivity index (χ2n) is 6.35. The number of aromatic nitrogens is 2. The Morgan fingerprint density at radius 1 is 1.04 bits per heavy atom. The van der Waals surface area contributed by atoms with Crippen LogP contribution in [0.15, 0.2) is 23.8 Å². The fraction of sp³-hybridized carbons (Fsp3) is 0.722. The van der Waals surface area contributed by atoms with Crippen LogP contribution in [-0.2, 0) is 16.5 Å². The van der Waals surface area contributed by atoms with Crippen molar-refractivity contribution in [1.29, 1.82) is 0 Å². The van der Waals surface area contributed by atoms with Gasteiger partial charge in [-0.1, -0.05) is 0 Å². The number of rotatable bonds is 4. The number of hydrogen-bond donors (Lipinski definition) is 0. The average molecular weight is 379 g/mol. The van der Waals surface area contributed by atoms with Gasteiger partial charge in [0.15, 0.2) is 6.23 Å². The Labute approximate surface area is 196 Å². The number of nitrogens with zero attached hydrogens (tertiary/aromatic N) is 4. The Kier molecular flexibility index (Phi) is 11.1. The molecule has 0 N–H and O–H groups in total. The molecule has 3 atom stereocenters. The molecule has 1 aliphatic rings. The predicted octanol–water partition coefficient (Wildman–Crippen LogP) is -0.386. The van der Waals surface area contributed by atoms with Gasteiger partial charge >= 0.3 is 51.4 Å². The topological polar surface area (TPSA) is 33.8 Å². The molecule has 0 saturated heterocycles. The molecule has 0 amide bonds. The molecule has 138 valence electrons. The molecule has 0 saturated carbocycles. The smallest absolute Gasteiger partial charge is 0.362 e. The summed E-state index contributed by atoms with van der Waals surface area (Å²) in [6.07, 6.45) is 4.70. The standard InChI is InChI=1S/C10H20N2O.C8H15N2O.K/c1-7-8(2)12(10(4)13-6)9(3)11(7)5;1-7-9(3)5-6-10(7)8(2)11-4;/h9-10H,1-6H3;5-6,8H,1-4H3;/q;2*+1. The van der Waals surface area contributed by atoms with E-state index in [9.17, 15) is 0 Å². The molecule has 0 fully saturated rings. The van der Waals surface area contributed by atoms with Gasteiger partial charge < -0.3 is 19.3 Å². The molecular formula is C18H35KN4O2+2. The van der Waals surface area contributed by atoms with E-state index in [0.717, 1.165) is 0 Å². The van der Waals surface area contributed by atoms with E-state index in [4.69, 9.17) is 9.47 Å². The van der Waals surface area contributed by atoms with E-state index in [1.807, 2.05) is 26.4 Å². The van der Waals surface area contributed by atoms with Gasteiger partial charge in [0.25, 0.3) is 5.82 Å². The zero-order valence-corrected chi connectivity index (χ0v) is 21.1. The molecule has 7 heteroatoms. The first-order valence-electron chi connectivity index (χ1n) is 8.44. The number of allylic oxidation sites excluding steroid dienone is 2. The molecule has 1 aromatic rings. The van der Waals surface area contributed by atoms with Gasteiger partial charge in [0.1, 0.15) is 24.8 Å². The monoisotopic (exact) mass is 378 g/mol. The average Bonchev–Trinajstić information content (AvgIpc) is 3.00. The molecule has 25 heavy (non-hydrogen) atoms. The SMILES string of the molecule is COC(C)N1C(C)=C(C)N(C)C1C.COC(C)n1cc[n+](C)c1C.[K+]. The first kappa shape index (κ1) is 25.1. The maximum absolute atomic E-state index is 5.34. The molecular weight excluding hydrogens is 343 g/mol. The van der Waals surface area contributed by atoms with Crippen LogP contribution in [0.25, 0.3) is 0 Å². The van der Waals surface area contributed by atoms with Gasteiger partial charge in [-0.2, -0.15) is 0 Å². The van der Waals surface area contributed by atoms with E-state index in [-0.39, 0.29) is 63.8 Å². The minimum atomic E-state index is 0. The summed E-state index contributed by atoms with van der Waals surface area (Å²) in [6.45, 7) is 12.6. The predicted molar refractivity (Wildman–Crippen MR) is 96.0 cm³/mol. The third-order valence-corrected chi connectivity index (χ3v) is 5.20. The molecule has 0 spiro atoms. The van der Waals surface area contributed by atoms with E-state index in [0.29, 0.717) is 6.17 Å². The Morgan fingerprint density at radius 2 is 1.56 bits per heavy atom. The van der Waals surface area contributed by atoms with E-state index < -0.39 is 0 Å². The first-order chi connectivity index (χ1) is 11.2. The third-order valence-electron chi connectivity index (χ3n) is 5.20. The van der Waals surface area contributed by atoms with Crippen LogP contribution >= 0.6 is 0 Å². The summed E-state index contributed by atoms with van der Waals surface area (Å²) in [6, 6.07) is 0. The molecule has 0 aliphatic carbocycles. The largest absolute Gasteiger partial charge is 1.00 e. The summed E-state index contributed by atoms with van der Waals surface area (Å²) < 4.78 is 14.7. The van der Waals surface area contributed by atoms with Gasteiger partial charge in [0.05, 0.1) is 7.05 Å². The molecule has 2 heterocycles. The fourth-order valence-corrected chi connectivity index (χ4v) is 2.95. The van der Waals surface area contributed by atoms with Crippen molar-refractivity contribution in [2.45, 2.75) is 60.2 Å². The van der Waals surface area contributed by atoms with Gasteiger partial charge in [-0.15, -0.1) is 0 Å². The van der Waals surface area contributed by atoms with Crippen LogP contribution in [0.4, 0.5) is 0 Å². The third kappa shape index (κ3) is 5.79. The second kappa shape index (κ2) is 11.1.